The van der Waals surface area contributed by atoms with Gasteiger partial charge in [-0.25, -0.2) is 4.79 Å². The number of anilines is 2. The molecule has 0 fully saturated rings. The molecule has 0 saturated heterocycles. The molecule has 0 aliphatic rings. The van der Waals surface area contributed by atoms with Crippen molar-refractivity contribution in [3.63, 3.8) is 0 Å². The first kappa shape index (κ1) is 13.9. The third kappa shape index (κ3) is 3.75. The number of carbonyl (C=O) groups excluding carboxylic acids is 1. The van der Waals surface area contributed by atoms with Gasteiger partial charge < -0.3 is 16.0 Å². The number of nitrogens with zero attached hydrogens (tertiary/aromatic N) is 1. The number of nitrogens with two attached hydrogens (primary N) is 1. The molecule has 0 spiro atoms. The molecular weight excluding hydrogens is 250 g/mol. The van der Waals surface area contributed by atoms with Crippen LogP contribution in [-0.4, -0.2) is 17.5 Å². The van der Waals surface area contributed by atoms with Gasteiger partial charge >= 0.3 is 6.03 Å². The summed E-state index contributed by atoms with van der Waals surface area (Å²) in [5.41, 5.74) is 8.16. The quantitative estimate of drug-likeness (QED) is 0.836. The molecule has 20 heavy (non-hydrogen) atoms. The number of rotatable bonds is 4. The Balaban J connectivity index is 2.00. The van der Waals surface area contributed by atoms with Crippen molar-refractivity contribution in [2.45, 2.75) is 13.5 Å². The first-order valence-electron chi connectivity index (χ1n) is 6.64. The molecule has 2 aromatic carbocycles. The van der Waals surface area contributed by atoms with E-state index in [9.17, 15) is 4.79 Å². The highest BCUT2D eigenvalue weighted by molar-refractivity contribution is 5.89. The Bertz CT molecular complexity index is 552. The van der Waals surface area contributed by atoms with Crippen molar-refractivity contribution >= 4 is 17.4 Å². The lowest BCUT2D eigenvalue weighted by atomic mass is 10.2. The van der Waals surface area contributed by atoms with Crippen LogP contribution in [0.15, 0.2) is 54.6 Å². The summed E-state index contributed by atoms with van der Waals surface area (Å²) < 4.78 is 0. The highest BCUT2D eigenvalue weighted by Crippen LogP contribution is 2.12. The van der Waals surface area contributed by atoms with E-state index >= 15 is 0 Å². The van der Waals surface area contributed by atoms with E-state index in [0.29, 0.717) is 18.8 Å². The highest BCUT2D eigenvalue weighted by atomic mass is 16.2. The minimum Gasteiger partial charge on any atom is -0.399 e. The van der Waals surface area contributed by atoms with E-state index in [1.807, 2.05) is 37.3 Å². The lowest BCUT2D eigenvalue weighted by Gasteiger charge is -2.21. The maximum absolute atomic E-state index is 12.2. The Morgan fingerprint density at radius 3 is 2.35 bits per heavy atom. The Kier molecular flexibility index (Phi) is 4.60. The van der Waals surface area contributed by atoms with E-state index in [0.717, 1.165) is 11.3 Å². The summed E-state index contributed by atoms with van der Waals surface area (Å²) in [6.07, 6.45) is 0. The molecular formula is C16H19N3O. The molecule has 0 unspecified atom stereocenters. The highest BCUT2D eigenvalue weighted by Gasteiger charge is 2.11. The number of amides is 2. The second-order valence-electron chi connectivity index (χ2n) is 4.55. The van der Waals surface area contributed by atoms with E-state index in [-0.39, 0.29) is 6.03 Å². The second kappa shape index (κ2) is 6.61. The minimum atomic E-state index is -0.110. The lowest BCUT2D eigenvalue weighted by Crippen LogP contribution is -2.34. The van der Waals surface area contributed by atoms with Crippen molar-refractivity contribution in [3.8, 4) is 0 Å². The molecule has 0 heterocycles. The summed E-state index contributed by atoms with van der Waals surface area (Å²) in [4.78, 5) is 14.0. The maximum Gasteiger partial charge on any atom is 0.322 e. The van der Waals surface area contributed by atoms with Crippen LogP contribution in [0.2, 0.25) is 0 Å². The van der Waals surface area contributed by atoms with Crippen molar-refractivity contribution in [3.05, 3.63) is 60.2 Å². The molecule has 3 N–H and O–H groups in total. The van der Waals surface area contributed by atoms with Gasteiger partial charge in [0.05, 0.1) is 0 Å². The fourth-order valence-corrected chi connectivity index (χ4v) is 1.90. The van der Waals surface area contributed by atoms with Crippen LogP contribution in [0.5, 0.6) is 0 Å². The number of urea groups is 1. The summed E-state index contributed by atoms with van der Waals surface area (Å²) in [6, 6.07) is 17.0. The van der Waals surface area contributed by atoms with E-state index in [1.165, 1.54) is 0 Å². The van der Waals surface area contributed by atoms with Gasteiger partial charge in [0.1, 0.15) is 0 Å². The van der Waals surface area contributed by atoms with Gasteiger partial charge in [-0.1, -0.05) is 30.3 Å². The molecule has 2 rings (SSSR count). The SMILES string of the molecule is CCN(Cc1ccccc1)C(=O)Nc1ccc(N)cc1. The van der Waals surface area contributed by atoms with Crippen LogP contribution in [0.3, 0.4) is 0 Å². The predicted octanol–water partition coefficient (Wildman–Crippen LogP) is 3.32. The number of hydrogen-bond donors (Lipinski definition) is 2. The Hall–Kier alpha value is -2.49. The average molecular weight is 269 g/mol. The molecule has 0 aromatic heterocycles. The topological polar surface area (TPSA) is 58.4 Å². The molecule has 2 aromatic rings. The number of nitrogen functional groups attached to an aromatic ring is 1. The summed E-state index contributed by atoms with van der Waals surface area (Å²) >= 11 is 0. The van der Waals surface area contributed by atoms with Gasteiger partial charge in [0.2, 0.25) is 0 Å². The van der Waals surface area contributed by atoms with Crippen LogP contribution >= 0.6 is 0 Å². The molecule has 0 atom stereocenters. The third-order valence-electron chi connectivity index (χ3n) is 3.05. The Morgan fingerprint density at radius 2 is 1.75 bits per heavy atom. The normalized spacial score (nSPS) is 10.1. The summed E-state index contributed by atoms with van der Waals surface area (Å²) in [6.45, 7) is 3.21. The third-order valence-corrected chi connectivity index (χ3v) is 3.05. The molecule has 0 aliphatic carbocycles. The van der Waals surface area contributed by atoms with Gasteiger partial charge in [-0.3, -0.25) is 0 Å². The van der Waals surface area contributed by atoms with Crippen molar-refractivity contribution in [2.75, 3.05) is 17.6 Å². The van der Waals surface area contributed by atoms with E-state index in [1.54, 1.807) is 29.2 Å². The average Bonchev–Trinajstić information content (AvgIpc) is 2.48. The van der Waals surface area contributed by atoms with Gasteiger partial charge in [-0.15, -0.1) is 0 Å². The molecule has 0 radical (unpaired) electrons. The zero-order valence-corrected chi connectivity index (χ0v) is 11.5. The van der Waals surface area contributed by atoms with Crippen LogP contribution in [0.25, 0.3) is 0 Å². The molecule has 2 amide bonds. The summed E-state index contributed by atoms with van der Waals surface area (Å²) in [5, 5.41) is 2.87. The summed E-state index contributed by atoms with van der Waals surface area (Å²) in [7, 11) is 0. The number of nitrogens with one attached hydrogen (secondary N) is 1. The first-order valence-corrected chi connectivity index (χ1v) is 6.64. The molecule has 0 aliphatic heterocycles. The monoisotopic (exact) mass is 269 g/mol. The molecule has 4 nitrogen and oxygen atoms in total. The standard InChI is InChI=1S/C16H19N3O/c1-2-19(12-13-6-4-3-5-7-13)16(20)18-15-10-8-14(17)9-11-15/h3-11H,2,12,17H2,1H3,(H,18,20). The number of hydrogen-bond acceptors (Lipinski definition) is 2. The van der Waals surface area contributed by atoms with Gasteiger partial charge in [0, 0.05) is 24.5 Å². The largest absolute Gasteiger partial charge is 0.399 e. The molecule has 0 bridgehead atoms. The van der Waals surface area contributed by atoms with Crippen molar-refractivity contribution in [1.82, 2.24) is 4.90 Å². The van der Waals surface area contributed by atoms with Crippen LogP contribution in [0.4, 0.5) is 16.2 Å². The molecule has 104 valence electrons. The molecule has 4 heteroatoms. The smallest absolute Gasteiger partial charge is 0.322 e. The van der Waals surface area contributed by atoms with E-state index < -0.39 is 0 Å². The van der Waals surface area contributed by atoms with Crippen LogP contribution in [-0.2, 0) is 6.54 Å². The Morgan fingerprint density at radius 1 is 1.10 bits per heavy atom. The summed E-state index contributed by atoms with van der Waals surface area (Å²) in [5.74, 6) is 0. The van der Waals surface area contributed by atoms with Crippen LogP contribution < -0.4 is 11.1 Å². The Labute approximate surface area is 119 Å². The fourth-order valence-electron chi connectivity index (χ4n) is 1.90. The zero-order chi connectivity index (χ0) is 14.4. The van der Waals surface area contributed by atoms with E-state index in [2.05, 4.69) is 5.32 Å². The van der Waals surface area contributed by atoms with Crippen molar-refractivity contribution in [1.29, 1.82) is 0 Å². The van der Waals surface area contributed by atoms with Gasteiger partial charge in [0.25, 0.3) is 0 Å². The fraction of sp³-hybridized carbons (Fsp3) is 0.188. The second-order valence-corrected chi connectivity index (χ2v) is 4.55. The minimum absolute atomic E-state index is 0.110. The van der Waals surface area contributed by atoms with E-state index in [4.69, 9.17) is 5.73 Å². The lowest BCUT2D eigenvalue weighted by molar-refractivity contribution is 0.212. The van der Waals surface area contributed by atoms with Crippen molar-refractivity contribution < 1.29 is 4.79 Å². The van der Waals surface area contributed by atoms with Crippen LogP contribution in [0.1, 0.15) is 12.5 Å². The zero-order valence-electron chi connectivity index (χ0n) is 11.5. The maximum atomic E-state index is 12.2. The predicted molar refractivity (Wildman–Crippen MR) is 82.4 cm³/mol. The van der Waals surface area contributed by atoms with Gasteiger partial charge in [-0.05, 0) is 36.8 Å². The van der Waals surface area contributed by atoms with Crippen LogP contribution in [0, 0.1) is 0 Å². The van der Waals surface area contributed by atoms with Gasteiger partial charge in [-0.2, -0.15) is 0 Å². The van der Waals surface area contributed by atoms with Crippen molar-refractivity contribution in [2.24, 2.45) is 0 Å². The first-order chi connectivity index (χ1) is 9.69. The molecule has 0 saturated carbocycles. The number of benzene rings is 2. The van der Waals surface area contributed by atoms with Gasteiger partial charge in [0.15, 0.2) is 0 Å². The number of carbonyl (C=O) groups is 1.